The Hall–Kier alpha value is -2.61. The van der Waals surface area contributed by atoms with Crippen LogP contribution in [-0.2, 0) is 38.7 Å². The van der Waals surface area contributed by atoms with E-state index in [4.69, 9.17) is 23.1 Å². The number of aliphatic hydroxyl groups excluding tert-OH is 1. The third-order valence-electron chi connectivity index (χ3n) is 5.20. The van der Waals surface area contributed by atoms with Crippen molar-refractivity contribution in [3.8, 4) is 0 Å². The van der Waals surface area contributed by atoms with Crippen LogP contribution < -0.4 is 0 Å². The highest BCUT2D eigenvalue weighted by Crippen LogP contribution is 2.29. The van der Waals surface area contributed by atoms with Crippen molar-refractivity contribution in [1.29, 1.82) is 0 Å². The van der Waals surface area contributed by atoms with Crippen LogP contribution in [0.5, 0.6) is 0 Å². The van der Waals surface area contributed by atoms with E-state index in [1.165, 1.54) is 0 Å². The van der Waals surface area contributed by atoms with Crippen molar-refractivity contribution in [2.75, 3.05) is 6.61 Å². The van der Waals surface area contributed by atoms with Gasteiger partial charge in [0, 0.05) is 0 Å². The van der Waals surface area contributed by atoms with Crippen LogP contribution in [0.3, 0.4) is 0 Å². The number of alkyl halides is 1. The molecule has 3 aromatic carbocycles. The normalized spacial score (nSPS) is 29.3. The van der Waals surface area contributed by atoms with Gasteiger partial charge in [0.15, 0.2) is 0 Å². The molecule has 0 aromatic heterocycles. The smallest absolute Gasteiger partial charge is 0.228 e. The first-order chi connectivity index (χ1) is 17.4. The van der Waals surface area contributed by atoms with E-state index in [2.05, 4.69) is 0 Å². The fourth-order valence-electron chi connectivity index (χ4n) is 3.49. The fraction of sp³-hybridized carbons (Fsp3) is 0.333. The highest BCUT2D eigenvalue weighted by molar-refractivity contribution is 5.15. The van der Waals surface area contributed by atoms with E-state index in [9.17, 15) is 9.50 Å². The Morgan fingerprint density at radius 3 is 1.70 bits per heavy atom. The summed E-state index contributed by atoms with van der Waals surface area (Å²) in [5.41, 5.74) is 1.66. The molecule has 5 nitrogen and oxygen atoms in total. The van der Waals surface area contributed by atoms with Crippen LogP contribution in [0.25, 0.3) is 0 Å². The van der Waals surface area contributed by atoms with Gasteiger partial charge in [0.2, 0.25) is 6.36 Å². The molecule has 1 heterocycles. The van der Waals surface area contributed by atoms with Gasteiger partial charge in [-0.25, -0.2) is 4.39 Å². The number of halogens is 1. The molecule has 4 unspecified atom stereocenters. The van der Waals surface area contributed by atoms with Crippen molar-refractivity contribution < 1.29 is 32.6 Å². The summed E-state index contributed by atoms with van der Waals surface area (Å²) >= 11 is 0. The summed E-state index contributed by atoms with van der Waals surface area (Å²) in [7, 11) is 0. The van der Waals surface area contributed by atoms with Crippen LogP contribution in [0.2, 0.25) is 0 Å². The Kier molecular flexibility index (Phi) is 7.22. The van der Waals surface area contributed by atoms with Crippen molar-refractivity contribution >= 4 is 0 Å². The molecular weight excluding hydrogens is 423 g/mol. The number of rotatable bonds is 10. The number of hydrogen-bond donors (Lipinski definition) is 1. The molecule has 33 heavy (non-hydrogen) atoms. The molecule has 4 rings (SSSR count). The molecule has 0 aliphatic carbocycles. The average molecular weight is 456 g/mol. The van der Waals surface area contributed by atoms with Crippen LogP contribution in [0.1, 0.15) is 20.8 Å². The van der Waals surface area contributed by atoms with Gasteiger partial charge in [0.25, 0.3) is 0 Å². The van der Waals surface area contributed by atoms with E-state index in [0.717, 1.165) is 0 Å². The molecule has 0 amide bonds. The zero-order valence-electron chi connectivity index (χ0n) is 20.9. The molecule has 174 valence electrons. The van der Waals surface area contributed by atoms with Gasteiger partial charge in [-0.2, -0.15) is 0 Å². The summed E-state index contributed by atoms with van der Waals surface area (Å²) in [5.74, 6) is 0. The number of hydrogen-bond acceptors (Lipinski definition) is 5. The van der Waals surface area contributed by atoms with E-state index in [1.807, 2.05) is 12.1 Å². The van der Waals surface area contributed by atoms with Crippen molar-refractivity contribution in [3.05, 3.63) is 108 Å². The topological polar surface area (TPSA) is 57.2 Å². The molecule has 0 bridgehead atoms. The average Bonchev–Trinajstić information content (AvgIpc) is 2.92. The highest BCUT2D eigenvalue weighted by atomic mass is 19.1. The first-order valence-electron chi connectivity index (χ1n) is 12.5. The summed E-state index contributed by atoms with van der Waals surface area (Å²) in [6.07, 6.45) is -7.48. The maximum absolute atomic E-state index is 14.8. The van der Waals surface area contributed by atoms with Crippen molar-refractivity contribution in [2.24, 2.45) is 0 Å². The number of ether oxygens (including phenoxy) is 4. The van der Waals surface area contributed by atoms with Gasteiger partial charge >= 0.3 is 0 Å². The lowest BCUT2D eigenvalue weighted by atomic mass is 9.98. The Morgan fingerprint density at radius 1 is 0.727 bits per heavy atom. The van der Waals surface area contributed by atoms with Gasteiger partial charge in [0.05, 0.1) is 30.5 Å². The van der Waals surface area contributed by atoms with Crippen LogP contribution in [0.4, 0.5) is 4.39 Å². The number of benzene rings is 3. The number of aliphatic hydroxyl groups is 1. The minimum atomic E-state index is -2.13. The van der Waals surface area contributed by atoms with Gasteiger partial charge in [-0.15, -0.1) is 0 Å². The summed E-state index contributed by atoms with van der Waals surface area (Å²) < 4.78 is 62.8. The second kappa shape index (κ2) is 12.0. The third kappa shape index (κ3) is 6.69. The molecule has 0 radical (unpaired) electrons. The second-order valence-electron chi connectivity index (χ2n) is 7.64. The van der Waals surface area contributed by atoms with Gasteiger partial charge in [-0.1, -0.05) is 91.0 Å². The minimum absolute atomic E-state index is 0.254. The maximum Gasteiger partial charge on any atom is 0.228 e. The van der Waals surface area contributed by atoms with Crippen molar-refractivity contribution in [3.63, 3.8) is 0 Å². The molecule has 3 aromatic rings. The van der Waals surface area contributed by atoms with E-state index in [-0.39, 0.29) is 6.61 Å². The molecule has 1 aliphatic rings. The molecule has 1 aliphatic heterocycles. The monoisotopic (exact) mass is 455 g/mol. The van der Waals surface area contributed by atoms with E-state index in [1.54, 1.807) is 78.9 Å². The SMILES string of the molecule is [2H]C(OC[C@H]1OC(F)[C@@H](O)[C@@H](OC([2H])c2ccccc2)[C@@H]1OC([2H])c1ccccc1)c1ccccc1. The zero-order chi connectivity index (χ0) is 25.5. The van der Waals surface area contributed by atoms with Crippen LogP contribution in [0, 0.1) is 0 Å². The molecule has 1 fully saturated rings. The molecule has 0 saturated carbocycles. The van der Waals surface area contributed by atoms with Gasteiger partial charge in [0.1, 0.15) is 24.4 Å². The predicted octanol–water partition coefficient (Wildman–Crippen LogP) is 4.43. The van der Waals surface area contributed by atoms with Crippen molar-refractivity contribution in [2.45, 2.75) is 50.5 Å². The van der Waals surface area contributed by atoms with Crippen LogP contribution in [-0.4, -0.2) is 42.5 Å². The maximum atomic E-state index is 14.8. The predicted molar refractivity (Wildman–Crippen MR) is 122 cm³/mol. The summed E-state index contributed by atoms with van der Waals surface area (Å²) in [6.45, 7) is -3.75. The van der Waals surface area contributed by atoms with Crippen LogP contribution >= 0.6 is 0 Å². The van der Waals surface area contributed by atoms with Crippen molar-refractivity contribution in [1.82, 2.24) is 0 Å². The van der Waals surface area contributed by atoms with E-state index in [0.29, 0.717) is 16.7 Å². The van der Waals surface area contributed by atoms with Gasteiger partial charge in [-0.05, 0) is 16.7 Å². The van der Waals surface area contributed by atoms with Gasteiger partial charge < -0.3 is 24.1 Å². The fourth-order valence-corrected chi connectivity index (χ4v) is 3.49. The van der Waals surface area contributed by atoms with E-state index < -0.39 is 50.5 Å². The molecule has 0 spiro atoms. The largest absolute Gasteiger partial charge is 0.385 e. The lowest BCUT2D eigenvalue weighted by Crippen LogP contribution is -2.59. The Labute approximate surface area is 197 Å². The first kappa shape index (κ1) is 19.8. The second-order valence-corrected chi connectivity index (χ2v) is 7.64. The van der Waals surface area contributed by atoms with Crippen LogP contribution in [0.15, 0.2) is 91.0 Å². The molecule has 1 saturated heterocycles. The Balaban J connectivity index is 1.56. The quantitative estimate of drug-likeness (QED) is 0.490. The third-order valence-corrected chi connectivity index (χ3v) is 5.20. The summed E-state index contributed by atoms with van der Waals surface area (Å²) in [4.78, 5) is 0. The molecule has 6 heteroatoms. The minimum Gasteiger partial charge on any atom is -0.385 e. The van der Waals surface area contributed by atoms with Gasteiger partial charge in [-0.3, -0.25) is 0 Å². The lowest BCUT2D eigenvalue weighted by molar-refractivity contribution is -0.288. The highest BCUT2D eigenvalue weighted by Gasteiger charge is 2.47. The summed E-state index contributed by atoms with van der Waals surface area (Å²) in [6, 6.07) is 26.3. The Bertz CT molecular complexity index is 1050. The summed E-state index contributed by atoms with van der Waals surface area (Å²) in [5, 5.41) is 10.6. The first-order valence-corrected chi connectivity index (χ1v) is 10.8. The van der Waals surface area contributed by atoms with E-state index >= 15 is 0 Å². The Morgan fingerprint density at radius 2 is 1.18 bits per heavy atom. The molecule has 8 atom stereocenters. The zero-order valence-corrected chi connectivity index (χ0v) is 17.9. The molecular formula is C27H29FO5. The molecule has 1 N–H and O–H groups in total. The lowest BCUT2D eigenvalue weighted by Gasteiger charge is -2.42. The standard InChI is InChI=1S/C27H29FO5/c28-27-24(29)26(32-18-22-14-8-3-9-15-22)25(31-17-21-12-6-2-7-13-21)23(33-27)19-30-16-20-10-4-1-5-11-20/h1-15,23-27,29H,16-19H2/t23-,24+,25-,26-,27?/m1/s1/i16D,17D,18D/t16?,17?,18?,23-,24+,25-,26-,27?.